The largest absolute Gasteiger partial charge is 0.416 e. The van der Waals surface area contributed by atoms with Crippen molar-refractivity contribution >= 4 is 21.7 Å². The van der Waals surface area contributed by atoms with Gasteiger partial charge < -0.3 is 5.32 Å². The lowest BCUT2D eigenvalue weighted by molar-refractivity contribution is -0.137. The molecule has 1 N–H and O–H groups in total. The number of nitrogens with one attached hydrogen (secondary N) is 1. The first-order valence-electron chi connectivity index (χ1n) is 7.73. The fourth-order valence-electron chi connectivity index (χ4n) is 3.05. The van der Waals surface area contributed by atoms with Gasteiger partial charge in [0.15, 0.2) is 0 Å². The molecule has 128 valence electrons. The molecule has 1 aromatic heterocycles. The van der Waals surface area contributed by atoms with Gasteiger partial charge in [-0.15, -0.1) is 0 Å². The number of hydrogen-bond acceptors (Lipinski definition) is 2. The third-order valence-corrected chi connectivity index (χ3v) is 4.87. The molecule has 0 unspecified atom stereocenters. The molecule has 4 rings (SSSR count). The first kappa shape index (κ1) is 16.2. The molecule has 25 heavy (non-hydrogen) atoms. The molecule has 0 bridgehead atoms. The summed E-state index contributed by atoms with van der Waals surface area (Å²) in [4.78, 5) is 0. The summed E-state index contributed by atoms with van der Waals surface area (Å²) in [5.74, 6) is 0.833. The number of para-hydroxylation sites is 1. The van der Waals surface area contributed by atoms with Crippen LogP contribution in [0.25, 0.3) is 16.9 Å². The van der Waals surface area contributed by atoms with E-state index in [0.717, 1.165) is 46.6 Å². The molecule has 0 atom stereocenters. The Kier molecular flexibility index (Phi) is 3.83. The zero-order valence-electron chi connectivity index (χ0n) is 12.9. The highest BCUT2D eigenvalue weighted by Gasteiger charge is 2.31. The lowest BCUT2D eigenvalue weighted by atomic mass is 10.0. The first-order valence-corrected chi connectivity index (χ1v) is 8.53. The van der Waals surface area contributed by atoms with Gasteiger partial charge in [-0.2, -0.15) is 18.3 Å². The molecule has 3 aromatic rings. The minimum absolute atomic E-state index is 0.473. The van der Waals surface area contributed by atoms with Gasteiger partial charge in [0.2, 0.25) is 0 Å². The SMILES string of the molecule is FC(F)(F)c1cccc(-c2nn(-c3ccccc3Br)c3c2CCN3)c1. The summed E-state index contributed by atoms with van der Waals surface area (Å²) >= 11 is 3.51. The van der Waals surface area contributed by atoms with Crippen molar-refractivity contribution in [1.29, 1.82) is 0 Å². The molecule has 0 spiro atoms. The van der Waals surface area contributed by atoms with E-state index in [1.807, 2.05) is 24.3 Å². The van der Waals surface area contributed by atoms with Crippen LogP contribution >= 0.6 is 15.9 Å². The summed E-state index contributed by atoms with van der Waals surface area (Å²) in [6.07, 6.45) is -3.65. The van der Waals surface area contributed by atoms with Crippen LogP contribution in [-0.4, -0.2) is 16.3 Å². The van der Waals surface area contributed by atoms with Crippen LogP contribution in [0.2, 0.25) is 0 Å². The topological polar surface area (TPSA) is 29.9 Å². The first-order chi connectivity index (χ1) is 11.9. The van der Waals surface area contributed by atoms with Crippen LogP contribution in [0.5, 0.6) is 0 Å². The van der Waals surface area contributed by atoms with Crippen LogP contribution in [-0.2, 0) is 12.6 Å². The molecule has 1 aliphatic heterocycles. The number of alkyl halides is 3. The third kappa shape index (κ3) is 2.82. The minimum Gasteiger partial charge on any atom is -0.369 e. The van der Waals surface area contributed by atoms with Gasteiger partial charge in [0.25, 0.3) is 0 Å². The number of benzene rings is 2. The Bertz CT molecular complexity index is 947. The van der Waals surface area contributed by atoms with Crippen molar-refractivity contribution in [3.05, 3.63) is 64.1 Å². The highest BCUT2D eigenvalue weighted by Crippen LogP contribution is 2.38. The van der Waals surface area contributed by atoms with Crippen molar-refractivity contribution < 1.29 is 13.2 Å². The van der Waals surface area contributed by atoms with E-state index in [0.29, 0.717) is 11.3 Å². The van der Waals surface area contributed by atoms with Crippen LogP contribution in [0.15, 0.2) is 53.0 Å². The zero-order valence-corrected chi connectivity index (χ0v) is 14.5. The Morgan fingerprint density at radius 2 is 1.88 bits per heavy atom. The molecule has 0 radical (unpaired) electrons. The van der Waals surface area contributed by atoms with E-state index >= 15 is 0 Å². The molecule has 0 amide bonds. The predicted molar refractivity (Wildman–Crippen MR) is 93.9 cm³/mol. The average Bonchev–Trinajstić information content (AvgIpc) is 3.17. The predicted octanol–water partition coefficient (Wildman–Crippen LogP) is 5.29. The van der Waals surface area contributed by atoms with Gasteiger partial charge in [-0.1, -0.05) is 24.3 Å². The Labute approximate surface area is 150 Å². The highest BCUT2D eigenvalue weighted by molar-refractivity contribution is 9.10. The van der Waals surface area contributed by atoms with Gasteiger partial charge in [0.1, 0.15) is 5.82 Å². The standard InChI is InChI=1S/C18H13BrF3N3/c19-14-6-1-2-7-15(14)25-17-13(8-9-23-17)16(24-25)11-4-3-5-12(10-11)18(20,21)22/h1-7,10,23H,8-9H2. The maximum absolute atomic E-state index is 13.0. The van der Waals surface area contributed by atoms with Gasteiger partial charge in [0, 0.05) is 22.1 Å². The summed E-state index contributed by atoms with van der Waals surface area (Å²) in [6, 6.07) is 12.9. The Morgan fingerprint density at radius 3 is 2.64 bits per heavy atom. The molecule has 1 aliphatic rings. The highest BCUT2D eigenvalue weighted by atomic mass is 79.9. The zero-order chi connectivity index (χ0) is 17.6. The van der Waals surface area contributed by atoms with E-state index in [1.165, 1.54) is 6.07 Å². The van der Waals surface area contributed by atoms with Crippen LogP contribution in [0.4, 0.5) is 19.0 Å². The van der Waals surface area contributed by atoms with E-state index in [-0.39, 0.29) is 0 Å². The molecule has 3 nitrogen and oxygen atoms in total. The number of aromatic nitrogens is 2. The fraction of sp³-hybridized carbons (Fsp3) is 0.167. The maximum atomic E-state index is 13.0. The maximum Gasteiger partial charge on any atom is 0.416 e. The lowest BCUT2D eigenvalue weighted by Gasteiger charge is -2.09. The van der Waals surface area contributed by atoms with E-state index in [9.17, 15) is 13.2 Å². The lowest BCUT2D eigenvalue weighted by Crippen LogP contribution is -2.06. The van der Waals surface area contributed by atoms with Crippen molar-refractivity contribution in [1.82, 2.24) is 9.78 Å². The summed E-state index contributed by atoms with van der Waals surface area (Å²) < 4.78 is 41.7. The van der Waals surface area contributed by atoms with Gasteiger partial charge in [0.05, 0.1) is 16.9 Å². The van der Waals surface area contributed by atoms with Crippen LogP contribution < -0.4 is 5.32 Å². The average molecular weight is 408 g/mol. The monoisotopic (exact) mass is 407 g/mol. The van der Waals surface area contributed by atoms with E-state index in [4.69, 9.17) is 0 Å². The van der Waals surface area contributed by atoms with Crippen LogP contribution in [0.3, 0.4) is 0 Å². The van der Waals surface area contributed by atoms with Gasteiger partial charge in [-0.25, -0.2) is 4.68 Å². The second-order valence-corrected chi connectivity index (χ2v) is 6.65. The number of rotatable bonds is 2. The third-order valence-electron chi connectivity index (χ3n) is 4.19. The second-order valence-electron chi connectivity index (χ2n) is 5.79. The minimum atomic E-state index is -4.37. The summed E-state index contributed by atoms with van der Waals surface area (Å²) in [7, 11) is 0. The Balaban J connectivity index is 1.88. The van der Waals surface area contributed by atoms with E-state index in [1.54, 1.807) is 10.7 Å². The van der Waals surface area contributed by atoms with Gasteiger partial charge in [-0.05, 0) is 46.6 Å². The quantitative estimate of drug-likeness (QED) is 0.625. The molecular weight excluding hydrogens is 395 g/mol. The van der Waals surface area contributed by atoms with Crippen LogP contribution in [0, 0.1) is 0 Å². The Hall–Kier alpha value is -2.28. The summed E-state index contributed by atoms with van der Waals surface area (Å²) in [5, 5.41) is 7.90. The molecule has 0 fully saturated rings. The second kappa shape index (κ2) is 5.91. The van der Waals surface area contributed by atoms with Gasteiger partial charge >= 0.3 is 6.18 Å². The van der Waals surface area contributed by atoms with Crippen molar-refractivity contribution in [2.45, 2.75) is 12.6 Å². The molecule has 0 saturated heterocycles. The molecule has 7 heteroatoms. The Morgan fingerprint density at radius 1 is 1.08 bits per heavy atom. The molecular formula is C18H13BrF3N3. The number of hydrogen-bond donors (Lipinski definition) is 1. The normalized spacial score (nSPS) is 13.6. The van der Waals surface area contributed by atoms with Crippen molar-refractivity contribution in [2.24, 2.45) is 0 Å². The number of anilines is 1. The number of nitrogens with zero attached hydrogens (tertiary/aromatic N) is 2. The van der Waals surface area contributed by atoms with Crippen LogP contribution in [0.1, 0.15) is 11.1 Å². The van der Waals surface area contributed by atoms with E-state index < -0.39 is 11.7 Å². The molecule has 0 aliphatic carbocycles. The summed E-state index contributed by atoms with van der Waals surface area (Å²) in [5.41, 5.74) is 2.17. The van der Waals surface area contributed by atoms with Crippen molar-refractivity contribution in [3.8, 4) is 16.9 Å². The number of halogens is 4. The number of fused-ring (bicyclic) bond motifs is 1. The fourth-order valence-corrected chi connectivity index (χ4v) is 3.50. The van der Waals surface area contributed by atoms with Gasteiger partial charge in [-0.3, -0.25) is 0 Å². The molecule has 2 aromatic carbocycles. The van der Waals surface area contributed by atoms with E-state index in [2.05, 4.69) is 26.3 Å². The smallest absolute Gasteiger partial charge is 0.369 e. The van der Waals surface area contributed by atoms with Crippen molar-refractivity contribution in [3.63, 3.8) is 0 Å². The van der Waals surface area contributed by atoms with Crippen molar-refractivity contribution in [2.75, 3.05) is 11.9 Å². The molecule has 2 heterocycles. The summed E-state index contributed by atoms with van der Waals surface area (Å²) in [6.45, 7) is 0.740. The molecule has 0 saturated carbocycles.